The van der Waals surface area contributed by atoms with Gasteiger partial charge in [-0.2, -0.15) is 0 Å². The summed E-state index contributed by atoms with van der Waals surface area (Å²) >= 11 is 0. The van der Waals surface area contributed by atoms with Crippen molar-refractivity contribution in [2.24, 2.45) is 0 Å². The SMILES string of the molecule is COc1ccc(C(=O)c2ccc(F)cc2)cc1OC(=O)CCC(=O)OC[C@@H]1C=C[C@H](n2cc(C)c(=O)[nH]c2=O)O1. The van der Waals surface area contributed by atoms with Crippen molar-refractivity contribution in [3.05, 3.63) is 104 Å². The maximum Gasteiger partial charge on any atom is 0.330 e. The minimum absolute atomic E-state index is 0.0166. The Kier molecular flexibility index (Phi) is 8.70. The molecule has 2 heterocycles. The Balaban J connectivity index is 1.27. The van der Waals surface area contributed by atoms with Crippen molar-refractivity contribution in [1.82, 2.24) is 9.55 Å². The number of methoxy groups -OCH3 is 1. The molecule has 0 saturated heterocycles. The molecule has 2 aromatic carbocycles. The first-order valence-electron chi connectivity index (χ1n) is 12.1. The molecule has 4 rings (SSSR count). The van der Waals surface area contributed by atoms with Gasteiger partial charge < -0.3 is 18.9 Å². The number of halogens is 1. The zero-order valence-corrected chi connectivity index (χ0v) is 21.5. The van der Waals surface area contributed by atoms with Crippen molar-refractivity contribution in [2.45, 2.75) is 32.1 Å². The number of benzene rings is 2. The summed E-state index contributed by atoms with van der Waals surface area (Å²) in [6.45, 7) is 1.40. The third-order valence-electron chi connectivity index (χ3n) is 5.92. The number of hydrogen-bond donors (Lipinski definition) is 1. The van der Waals surface area contributed by atoms with Gasteiger partial charge in [0.15, 0.2) is 23.5 Å². The van der Waals surface area contributed by atoms with Gasteiger partial charge in [-0.3, -0.25) is 28.7 Å². The van der Waals surface area contributed by atoms with Crippen molar-refractivity contribution in [3.63, 3.8) is 0 Å². The van der Waals surface area contributed by atoms with E-state index in [0.29, 0.717) is 5.56 Å². The summed E-state index contributed by atoms with van der Waals surface area (Å²) in [6.07, 6.45) is 2.58. The second-order valence-corrected chi connectivity index (χ2v) is 8.79. The molecule has 12 heteroatoms. The molecule has 11 nitrogen and oxygen atoms in total. The van der Waals surface area contributed by atoms with E-state index in [0.717, 1.165) is 0 Å². The van der Waals surface area contributed by atoms with E-state index in [9.17, 15) is 28.4 Å². The second kappa shape index (κ2) is 12.3. The van der Waals surface area contributed by atoms with E-state index < -0.39 is 47.1 Å². The smallest absolute Gasteiger partial charge is 0.330 e. The normalized spacial score (nSPS) is 16.0. The van der Waals surface area contributed by atoms with Crippen LogP contribution in [0.25, 0.3) is 0 Å². The molecule has 2 atom stereocenters. The third kappa shape index (κ3) is 6.77. The van der Waals surface area contributed by atoms with Crippen LogP contribution < -0.4 is 20.7 Å². The highest BCUT2D eigenvalue weighted by molar-refractivity contribution is 6.09. The second-order valence-electron chi connectivity index (χ2n) is 8.79. The van der Waals surface area contributed by atoms with E-state index in [1.165, 1.54) is 60.3 Å². The van der Waals surface area contributed by atoms with E-state index in [1.807, 2.05) is 0 Å². The molecule has 1 aromatic heterocycles. The van der Waals surface area contributed by atoms with Crippen molar-refractivity contribution >= 4 is 17.7 Å². The van der Waals surface area contributed by atoms with Crippen LogP contribution in [0.2, 0.25) is 0 Å². The molecule has 3 aromatic rings. The van der Waals surface area contributed by atoms with Crippen LogP contribution in [0.3, 0.4) is 0 Å². The quantitative estimate of drug-likeness (QED) is 0.174. The molecule has 0 aliphatic carbocycles. The van der Waals surface area contributed by atoms with Gasteiger partial charge in [0.25, 0.3) is 5.56 Å². The molecule has 0 fully saturated rings. The van der Waals surface area contributed by atoms with Gasteiger partial charge >= 0.3 is 17.6 Å². The van der Waals surface area contributed by atoms with Crippen LogP contribution in [-0.2, 0) is 19.1 Å². The van der Waals surface area contributed by atoms with Gasteiger partial charge in [-0.1, -0.05) is 6.08 Å². The first-order valence-corrected chi connectivity index (χ1v) is 12.1. The number of esters is 2. The molecule has 0 radical (unpaired) electrons. The Morgan fingerprint density at radius 2 is 1.68 bits per heavy atom. The van der Waals surface area contributed by atoms with Crippen LogP contribution in [0.5, 0.6) is 11.5 Å². The fourth-order valence-corrected chi connectivity index (χ4v) is 3.81. The van der Waals surface area contributed by atoms with Gasteiger partial charge in [0.2, 0.25) is 0 Å². The van der Waals surface area contributed by atoms with Crippen LogP contribution in [0, 0.1) is 12.7 Å². The van der Waals surface area contributed by atoms with Crippen LogP contribution in [0.15, 0.2) is 70.4 Å². The standard InChI is InChI=1S/C28H25FN2O9/c1-16-14-31(28(36)30-27(16)35)23-10-8-20(39-23)15-38-24(32)11-12-25(33)40-22-13-18(5-9-21(22)37-2)26(34)17-3-6-19(29)7-4-17/h3-10,13-14,20,23H,11-12,15H2,1-2H3,(H,30,35,36)/t20-,23+/m0/s1. The largest absolute Gasteiger partial charge is 0.493 e. The van der Waals surface area contributed by atoms with E-state index >= 15 is 0 Å². The summed E-state index contributed by atoms with van der Waals surface area (Å²) in [4.78, 5) is 63.1. The van der Waals surface area contributed by atoms with Gasteiger partial charge in [0, 0.05) is 22.9 Å². The van der Waals surface area contributed by atoms with Gasteiger partial charge in [-0.05, 0) is 55.5 Å². The summed E-state index contributed by atoms with van der Waals surface area (Å²) < 4.78 is 35.8. The van der Waals surface area contributed by atoms with E-state index in [-0.39, 0.29) is 42.1 Å². The molecule has 1 aliphatic heterocycles. The van der Waals surface area contributed by atoms with Crippen LogP contribution in [-0.4, -0.2) is 47.1 Å². The lowest BCUT2D eigenvalue weighted by molar-refractivity contribution is -0.150. The summed E-state index contributed by atoms with van der Waals surface area (Å²) in [5.41, 5.74) is -0.348. The van der Waals surface area contributed by atoms with Gasteiger partial charge in [0.1, 0.15) is 18.5 Å². The van der Waals surface area contributed by atoms with E-state index in [4.69, 9.17) is 18.9 Å². The number of rotatable bonds is 10. The highest BCUT2D eigenvalue weighted by atomic mass is 19.1. The van der Waals surface area contributed by atoms with Crippen molar-refractivity contribution < 1.29 is 37.7 Å². The van der Waals surface area contributed by atoms with Crippen molar-refractivity contribution in [1.29, 1.82) is 0 Å². The molecule has 1 N–H and O–H groups in total. The number of ketones is 1. The average molecular weight is 553 g/mol. The summed E-state index contributed by atoms with van der Waals surface area (Å²) in [7, 11) is 1.37. The minimum Gasteiger partial charge on any atom is -0.493 e. The molecule has 0 bridgehead atoms. The maximum atomic E-state index is 13.2. The minimum atomic E-state index is -0.776. The fraction of sp³-hybridized carbons (Fsp3) is 0.250. The Morgan fingerprint density at radius 1 is 0.975 bits per heavy atom. The van der Waals surface area contributed by atoms with Gasteiger partial charge in [0.05, 0.1) is 20.0 Å². The van der Waals surface area contributed by atoms with Crippen LogP contribution in [0.4, 0.5) is 4.39 Å². The zero-order valence-electron chi connectivity index (χ0n) is 21.5. The van der Waals surface area contributed by atoms with E-state index in [2.05, 4.69) is 4.98 Å². The number of H-pyrrole nitrogens is 1. The molecule has 0 amide bonds. The maximum absolute atomic E-state index is 13.2. The number of aryl methyl sites for hydroxylation is 1. The fourth-order valence-electron chi connectivity index (χ4n) is 3.81. The zero-order chi connectivity index (χ0) is 28.8. The molecule has 208 valence electrons. The highest BCUT2D eigenvalue weighted by Gasteiger charge is 2.24. The summed E-state index contributed by atoms with van der Waals surface area (Å²) in [5, 5.41) is 0. The Hall–Kier alpha value is -4.84. The molecule has 40 heavy (non-hydrogen) atoms. The number of nitrogens with one attached hydrogen (secondary N) is 1. The Bertz CT molecular complexity index is 1570. The number of aromatic amines is 1. The van der Waals surface area contributed by atoms with Crippen LogP contribution in [0.1, 0.15) is 40.6 Å². The molecule has 0 unspecified atom stereocenters. The summed E-state index contributed by atoms with van der Waals surface area (Å²) in [6, 6.07) is 9.29. The first-order chi connectivity index (χ1) is 19.1. The molecular weight excluding hydrogens is 527 g/mol. The Labute approximate surface area is 226 Å². The summed E-state index contributed by atoms with van der Waals surface area (Å²) in [5.74, 6) is -2.14. The lowest BCUT2D eigenvalue weighted by atomic mass is 10.0. The third-order valence-corrected chi connectivity index (χ3v) is 5.92. The molecular formula is C28H25FN2O9. The number of carbonyl (C=O) groups is 3. The van der Waals surface area contributed by atoms with Crippen LogP contribution >= 0.6 is 0 Å². The molecule has 0 spiro atoms. The first kappa shape index (κ1) is 28.2. The van der Waals surface area contributed by atoms with Crippen molar-refractivity contribution in [2.75, 3.05) is 13.7 Å². The average Bonchev–Trinajstić information content (AvgIpc) is 3.41. The Morgan fingerprint density at radius 3 is 2.40 bits per heavy atom. The van der Waals surface area contributed by atoms with E-state index in [1.54, 1.807) is 19.1 Å². The van der Waals surface area contributed by atoms with Gasteiger partial charge in [-0.25, -0.2) is 9.18 Å². The number of hydrogen-bond acceptors (Lipinski definition) is 9. The van der Waals surface area contributed by atoms with Crippen molar-refractivity contribution in [3.8, 4) is 11.5 Å². The molecule has 1 aliphatic rings. The predicted octanol–water partition coefficient (Wildman–Crippen LogP) is 2.61. The molecule has 0 saturated carbocycles. The number of aromatic nitrogens is 2. The number of ether oxygens (including phenoxy) is 4. The predicted molar refractivity (Wildman–Crippen MR) is 138 cm³/mol. The van der Waals surface area contributed by atoms with Gasteiger partial charge in [-0.15, -0.1) is 0 Å². The topological polar surface area (TPSA) is 143 Å². The number of nitrogens with zero attached hydrogens (tertiary/aromatic N) is 1. The monoisotopic (exact) mass is 552 g/mol. The number of carbonyl (C=O) groups excluding carboxylic acids is 3. The lowest BCUT2D eigenvalue weighted by Crippen LogP contribution is -2.33. The highest BCUT2D eigenvalue weighted by Crippen LogP contribution is 2.29. The lowest BCUT2D eigenvalue weighted by Gasteiger charge is -2.16.